The molecule has 0 fully saturated rings. The van der Waals surface area contributed by atoms with Crippen LogP contribution in [-0.4, -0.2) is 34.3 Å². The van der Waals surface area contributed by atoms with E-state index in [4.69, 9.17) is 0 Å². The predicted octanol–water partition coefficient (Wildman–Crippen LogP) is -0.476. The van der Waals surface area contributed by atoms with Crippen molar-refractivity contribution in [1.29, 1.82) is 0 Å². The smallest absolute Gasteiger partial charge is 0.221 e. The maximum absolute atomic E-state index is 11.3. The number of rotatable bonds is 6. The number of nitrogens with zero attached hydrogens (tertiary/aromatic N) is 3. The van der Waals surface area contributed by atoms with E-state index in [0.29, 0.717) is 19.5 Å². The largest absolute Gasteiger partial charge is 0.349 e. The third kappa shape index (κ3) is 3.67. The molecule has 0 spiro atoms. The van der Waals surface area contributed by atoms with Gasteiger partial charge in [-0.2, -0.15) is 0 Å². The molecule has 0 bridgehead atoms. The van der Waals surface area contributed by atoms with E-state index in [0.717, 1.165) is 12.4 Å². The number of aryl methyl sites for hydroxylation is 1. The summed E-state index contributed by atoms with van der Waals surface area (Å²) in [6.45, 7) is 3.95. The zero-order chi connectivity index (χ0) is 11.1. The lowest BCUT2D eigenvalue weighted by Crippen LogP contribution is -2.27. The summed E-state index contributed by atoms with van der Waals surface area (Å²) in [5, 5.41) is 13.4. The van der Waals surface area contributed by atoms with Gasteiger partial charge in [0.2, 0.25) is 5.91 Å². The van der Waals surface area contributed by atoms with Crippen molar-refractivity contribution < 1.29 is 4.79 Å². The summed E-state index contributed by atoms with van der Waals surface area (Å²) in [5.41, 5.74) is 0. The second-order valence-electron chi connectivity index (χ2n) is 3.16. The molecular weight excluding hydrogens is 194 g/mol. The second kappa shape index (κ2) is 6.13. The Morgan fingerprint density at radius 2 is 2.40 bits per heavy atom. The quantitative estimate of drug-likeness (QED) is 0.667. The zero-order valence-electron chi connectivity index (χ0n) is 9.16. The fourth-order valence-electron chi connectivity index (χ4n) is 1.18. The number of nitrogens with one attached hydrogen (secondary N) is 2. The highest BCUT2D eigenvalue weighted by Crippen LogP contribution is 1.94. The molecule has 1 amide bonds. The SMILES string of the molecule is CCn1cnnc1CNC(=O)CCNC. The first-order chi connectivity index (χ1) is 7.27. The normalized spacial score (nSPS) is 10.3. The first-order valence-electron chi connectivity index (χ1n) is 5.06. The molecule has 0 saturated heterocycles. The van der Waals surface area contributed by atoms with Gasteiger partial charge in [0.15, 0.2) is 5.82 Å². The molecule has 0 aromatic carbocycles. The van der Waals surface area contributed by atoms with E-state index in [-0.39, 0.29) is 5.91 Å². The number of carbonyl (C=O) groups is 1. The van der Waals surface area contributed by atoms with Crippen LogP contribution in [0.25, 0.3) is 0 Å². The highest BCUT2D eigenvalue weighted by atomic mass is 16.1. The average Bonchev–Trinajstić information content (AvgIpc) is 2.70. The van der Waals surface area contributed by atoms with Gasteiger partial charge in [0.25, 0.3) is 0 Å². The summed E-state index contributed by atoms with van der Waals surface area (Å²) < 4.78 is 1.90. The van der Waals surface area contributed by atoms with Crippen LogP contribution < -0.4 is 10.6 Å². The first-order valence-corrected chi connectivity index (χ1v) is 5.06. The molecule has 0 aliphatic heterocycles. The summed E-state index contributed by atoms with van der Waals surface area (Å²) in [6.07, 6.45) is 2.14. The molecule has 0 aliphatic rings. The van der Waals surface area contributed by atoms with Crippen LogP contribution in [-0.2, 0) is 17.9 Å². The molecule has 0 atom stereocenters. The van der Waals surface area contributed by atoms with E-state index >= 15 is 0 Å². The lowest BCUT2D eigenvalue weighted by atomic mass is 10.4. The second-order valence-corrected chi connectivity index (χ2v) is 3.16. The Kier molecular flexibility index (Phi) is 4.76. The summed E-state index contributed by atoms with van der Waals surface area (Å²) in [6, 6.07) is 0. The van der Waals surface area contributed by atoms with Crippen LogP contribution in [0.3, 0.4) is 0 Å². The number of hydrogen-bond acceptors (Lipinski definition) is 4. The molecule has 84 valence electrons. The maximum Gasteiger partial charge on any atom is 0.221 e. The van der Waals surface area contributed by atoms with Crippen molar-refractivity contribution in [2.75, 3.05) is 13.6 Å². The Morgan fingerprint density at radius 1 is 1.60 bits per heavy atom. The zero-order valence-corrected chi connectivity index (χ0v) is 9.16. The van der Waals surface area contributed by atoms with Crippen LogP contribution in [0.1, 0.15) is 19.2 Å². The van der Waals surface area contributed by atoms with Crippen molar-refractivity contribution >= 4 is 5.91 Å². The van der Waals surface area contributed by atoms with Gasteiger partial charge in [0.05, 0.1) is 6.54 Å². The lowest BCUT2D eigenvalue weighted by molar-refractivity contribution is -0.121. The van der Waals surface area contributed by atoms with E-state index < -0.39 is 0 Å². The highest BCUT2D eigenvalue weighted by molar-refractivity contribution is 5.75. The van der Waals surface area contributed by atoms with Crippen molar-refractivity contribution in [3.63, 3.8) is 0 Å². The number of carbonyl (C=O) groups excluding carboxylic acids is 1. The fraction of sp³-hybridized carbons (Fsp3) is 0.667. The van der Waals surface area contributed by atoms with E-state index in [9.17, 15) is 4.79 Å². The standard InChI is InChI=1S/C9H17N5O/c1-3-14-7-12-13-8(14)6-11-9(15)4-5-10-2/h7,10H,3-6H2,1-2H3,(H,11,15). The van der Waals surface area contributed by atoms with Crippen LogP contribution in [0.5, 0.6) is 0 Å². The molecule has 1 rings (SSSR count). The summed E-state index contributed by atoms with van der Waals surface area (Å²) in [5.74, 6) is 0.810. The van der Waals surface area contributed by atoms with Crippen LogP contribution in [0.2, 0.25) is 0 Å². The Bertz CT molecular complexity index is 309. The van der Waals surface area contributed by atoms with Crippen LogP contribution in [0, 0.1) is 0 Å². The van der Waals surface area contributed by atoms with Crippen molar-refractivity contribution in [3.8, 4) is 0 Å². The van der Waals surface area contributed by atoms with Gasteiger partial charge in [-0.05, 0) is 14.0 Å². The molecular formula is C9H17N5O. The molecule has 0 unspecified atom stereocenters. The van der Waals surface area contributed by atoms with Crippen molar-refractivity contribution in [1.82, 2.24) is 25.4 Å². The van der Waals surface area contributed by atoms with Gasteiger partial charge in [-0.1, -0.05) is 0 Å². The fourth-order valence-corrected chi connectivity index (χ4v) is 1.18. The first kappa shape index (κ1) is 11.6. The summed E-state index contributed by atoms with van der Waals surface area (Å²) >= 11 is 0. The Labute approximate surface area is 89.1 Å². The predicted molar refractivity (Wildman–Crippen MR) is 56.1 cm³/mol. The van der Waals surface area contributed by atoms with Gasteiger partial charge in [0, 0.05) is 19.5 Å². The molecule has 2 N–H and O–H groups in total. The van der Waals surface area contributed by atoms with E-state index in [1.54, 1.807) is 6.33 Å². The minimum absolute atomic E-state index is 0.0232. The lowest BCUT2D eigenvalue weighted by Gasteiger charge is -2.05. The monoisotopic (exact) mass is 211 g/mol. The third-order valence-corrected chi connectivity index (χ3v) is 2.08. The van der Waals surface area contributed by atoms with Crippen LogP contribution in [0.15, 0.2) is 6.33 Å². The van der Waals surface area contributed by atoms with Crippen molar-refractivity contribution in [2.45, 2.75) is 26.4 Å². The molecule has 1 aromatic heterocycles. The van der Waals surface area contributed by atoms with Gasteiger partial charge >= 0.3 is 0 Å². The van der Waals surface area contributed by atoms with Crippen molar-refractivity contribution in [2.24, 2.45) is 0 Å². The number of aromatic nitrogens is 3. The van der Waals surface area contributed by atoms with Crippen LogP contribution >= 0.6 is 0 Å². The minimum Gasteiger partial charge on any atom is -0.349 e. The summed E-state index contributed by atoms with van der Waals surface area (Å²) in [7, 11) is 1.82. The maximum atomic E-state index is 11.3. The third-order valence-electron chi connectivity index (χ3n) is 2.08. The van der Waals surface area contributed by atoms with Crippen LogP contribution in [0.4, 0.5) is 0 Å². The molecule has 0 saturated carbocycles. The van der Waals surface area contributed by atoms with Gasteiger partial charge in [-0.15, -0.1) is 10.2 Å². The summed E-state index contributed by atoms with van der Waals surface area (Å²) in [4.78, 5) is 11.3. The van der Waals surface area contributed by atoms with Gasteiger partial charge in [0.1, 0.15) is 6.33 Å². The van der Waals surface area contributed by atoms with E-state index in [2.05, 4.69) is 20.8 Å². The van der Waals surface area contributed by atoms with E-state index in [1.165, 1.54) is 0 Å². The molecule has 6 nitrogen and oxygen atoms in total. The average molecular weight is 211 g/mol. The van der Waals surface area contributed by atoms with Gasteiger partial charge in [-0.3, -0.25) is 4.79 Å². The van der Waals surface area contributed by atoms with Gasteiger partial charge in [-0.25, -0.2) is 0 Å². The topological polar surface area (TPSA) is 71.8 Å². The number of amides is 1. The molecule has 6 heteroatoms. The molecule has 0 aliphatic carbocycles. The number of hydrogen-bond donors (Lipinski definition) is 2. The van der Waals surface area contributed by atoms with Crippen molar-refractivity contribution in [3.05, 3.63) is 12.2 Å². The highest BCUT2D eigenvalue weighted by Gasteiger charge is 2.04. The van der Waals surface area contributed by atoms with Gasteiger partial charge < -0.3 is 15.2 Å². The van der Waals surface area contributed by atoms with E-state index in [1.807, 2.05) is 18.5 Å². The molecule has 0 radical (unpaired) electrons. The molecule has 1 heterocycles. The Hall–Kier alpha value is -1.43. The Morgan fingerprint density at radius 3 is 3.07 bits per heavy atom. The Balaban J connectivity index is 2.33. The molecule has 1 aromatic rings. The minimum atomic E-state index is 0.0232. The molecule has 15 heavy (non-hydrogen) atoms.